The molecule has 0 N–H and O–H groups in total. The average molecular weight is 471 g/mol. The first-order valence-corrected chi connectivity index (χ1v) is 12.8. The van der Waals surface area contributed by atoms with Crippen LogP contribution >= 0.6 is 11.8 Å². The number of esters is 1. The third-order valence-corrected chi connectivity index (χ3v) is 11.5. The van der Waals surface area contributed by atoms with E-state index in [0.717, 1.165) is 36.6 Å². The maximum absolute atomic E-state index is 13.3. The van der Waals surface area contributed by atoms with E-state index < -0.39 is 23.1 Å². The zero-order valence-corrected chi connectivity index (χ0v) is 19.2. The van der Waals surface area contributed by atoms with Gasteiger partial charge < -0.3 is 9.47 Å². The Balaban J connectivity index is 1.43. The molecule has 6 aliphatic rings. The SMILES string of the molecule is C[C@]12CCC(=O)C=C1C[C@@H](SCC(F)(F)F)C1C3CC[C@@]4(CCC(=O)O4)[C@@]3(C)C[C@H]3O[C@@]132. The number of halogens is 3. The quantitative estimate of drug-likeness (QED) is 0.420. The minimum Gasteiger partial charge on any atom is -0.458 e. The van der Waals surface area contributed by atoms with E-state index in [9.17, 15) is 22.8 Å². The third kappa shape index (κ3) is 2.57. The van der Waals surface area contributed by atoms with Gasteiger partial charge in [-0.2, -0.15) is 13.2 Å². The molecule has 4 nitrogen and oxygen atoms in total. The summed E-state index contributed by atoms with van der Waals surface area (Å²) in [5.74, 6) is -0.866. The smallest absolute Gasteiger partial charge is 0.397 e. The van der Waals surface area contributed by atoms with Crippen LogP contribution in [0, 0.1) is 22.7 Å². The monoisotopic (exact) mass is 470 g/mol. The topological polar surface area (TPSA) is 55.9 Å². The minimum atomic E-state index is -4.24. The Morgan fingerprint density at radius 3 is 2.62 bits per heavy atom. The highest BCUT2D eigenvalue weighted by Crippen LogP contribution is 2.78. The summed E-state index contributed by atoms with van der Waals surface area (Å²) >= 11 is 0.985. The molecular formula is C24H29F3O4S. The van der Waals surface area contributed by atoms with Crippen molar-refractivity contribution in [2.75, 3.05) is 5.75 Å². The lowest BCUT2D eigenvalue weighted by Crippen LogP contribution is -2.63. The molecule has 0 aromatic carbocycles. The van der Waals surface area contributed by atoms with Crippen molar-refractivity contribution in [2.24, 2.45) is 22.7 Å². The van der Waals surface area contributed by atoms with Gasteiger partial charge in [0.15, 0.2) is 5.78 Å². The van der Waals surface area contributed by atoms with Crippen LogP contribution in [0.3, 0.4) is 0 Å². The highest BCUT2D eigenvalue weighted by atomic mass is 32.2. The largest absolute Gasteiger partial charge is 0.458 e. The van der Waals surface area contributed by atoms with E-state index in [-0.39, 0.29) is 45.8 Å². The molecular weight excluding hydrogens is 441 g/mol. The van der Waals surface area contributed by atoms with Crippen LogP contribution in [0.5, 0.6) is 0 Å². The number of ketones is 1. The van der Waals surface area contributed by atoms with E-state index in [4.69, 9.17) is 9.47 Å². The fourth-order valence-electron chi connectivity index (χ4n) is 8.60. The van der Waals surface area contributed by atoms with Crippen LogP contribution < -0.4 is 0 Å². The van der Waals surface area contributed by atoms with Gasteiger partial charge in [-0.25, -0.2) is 0 Å². The maximum atomic E-state index is 13.3. The molecule has 8 atom stereocenters. The van der Waals surface area contributed by atoms with Crippen molar-refractivity contribution >= 4 is 23.5 Å². The van der Waals surface area contributed by atoms with Crippen LogP contribution in [0.1, 0.15) is 65.2 Å². The second-order valence-corrected chi connectivity index (χ2v) is 12.5. The Hall–Kier alpha value is -1.02. The molecule has 176 valence electrons. The number of hydrogen-bond acceptors (Lipinski definition) is 5. The van der Waals surface area contributed by atoms with Crippen molar-refractivity contribution in [3.05, 3.63) is 11.6 Å². The zero-order chi connectivity index (χ0) is 22.7. The molecule has 5 fully saturated rings. The highest BCUT2D eigenvalue weighted by Gasteiger charge is 2.83. The lowest BCUT2D eigenvalue weighted by molar-refractivity contribution is -0.164. The molecule has 32 heavy (non-hydrogen) atoms. The van der Waals surface area contributed by atoms with Gasteiger partial charge in [-0.05, 0) is 50.5 Å². The molecule has 6 rings (SSSR count). The van der Waals surface area contributed by atoms with Crippen molar-refractivity contribution in [3.63, 3.8) is 0 Å². The third-order valence-electron chi connectivity index (χ3n) is 10.1. The normalized spacial score (nSPS) is 51.5. The summed E-state index contributed by atoms with van der Waals surface area (Å²) < 4.78 is 52.3. The summed E-state index contributed by atoms with van der Waals surface area (Å²) in [5.41, 5.74) is -0.621. The van der Waals surface area contributed by atoms with Gasteiger partial charge in [0.05, 0.1) is 11.9 Å². The predicted molar refractivity (Wildman–Crippen MR) is 112 cm³/mol. The van der Waals surface area contributed by atoms with Crippen molar-refractivity contribution in [1.82, 2.24) is 0 Å². The molecule has 0 amide bonds. The molecule has 0 aromatic rings. The van der Waals surface area contributed by atoms with Gasteiger partial charge >= 0.3 is 12.1 Å². The molecule has 2 heterocycles. The highest BCUT2D eigenvalue weighted by molar-refractivity contribution is 8.00. The Morgan fingerprint density at radius 1 is 1.16 bits per heavy atom. The predicted octanol–water partition coefficient (Wildman–Crippen LogP) is 5.00. The first-order chi connectivity index (χ1) is 14.9. The molecule has 8 heteroatoms. The summed E-state index contributed by atoms with van der Waals surface area (Å²) in [6, 6.07) is 0. The van der Waals surface area contributed by atoms with E-state index in [0.29, 0.717) is 32.1 Å². The molecule has 2 spiro atoms. The Labute approximate surface area is 190 Å². The number of ether oxygens (including phenoxy) is 2. The molecule has 0 aromatic heterocycles. The zero-order valence-electron chi connectivity index (χ0n) is 18.4. The number of hydrogen-bond donors (Lipinski definition) is 0. The number of carbonyl (C=O) groups is 2. The van der Waals surface area contributed by atoms with Crippen molar-refractivity contribution < 1.29 is 32.2 Å². The van der Waals surface area contributed by atoms with Crippen molar-refractivity contribution in [3.8, 4) is 0 Å². The summed E-state index contributed by atoms with van der Waals surface area (Å²) in [6.45, 7) is 4.37. The van der Waals surface area contributed by atoms with Crippen molar-refractivity contribution in [1.29, 1.82) is 0 Å². The van der Waals surface area contributed by atoms with E-state index in [1.54, 1.807) is 6.08 Å². The maximum Gasteiger partial charge on any atom is 0.397 e. The number of rotatable bonds is 2. The van der Waals surface area contributed by atoms with Crippen LogP contribution in [0.25, 0.3) is 0 Å². The fourth-order valence-corrected chi connectivity index (χ4v) is 9.90. The number of thioether (sulfide) groups is 1. The van der Waals surface area contributed by atoms with Gasteiger partial charge in [-0.15, -0.1) is 11.8 Å². The Kier molecular flexibility index (Phi) is 4.27. The second kappa shape index (κ2) is 6.35. The van der Waals surface area contributed by atoms with Gasteiger partial charge in [0.2, 0.25) is 0 Å². The van der Waals surface area contributed by atoms with Crippen LogP contribution in [0.15, 0.2) is 11.6 Å². The lowest BCUT2D eigenvalue weighted by Gasteiger charge is -2.59. The average Bonchev–Trinajstić information content (AvgIpc) is 3.19. The van der Waals surface area contributed by atoms with Gasteiger partial charge in [0, 0.05) is 34.8 Å². The molecule has 2 aliphatic heterocycles. The molecule has 0 bridgehead atoms. The minimum absolute atomic E-state index is 0.0346. The van der Waals surface area contributed by atoms with Crippen LogP contribution in [0.4, 0.5) is 13.2 Å². The summed E-state index contributed by atoms with van der Waals surface area (Å²) in [6.07, 6.45) is 2.60. The summed E-state index contributed by atoms with van der Waals surface area (Å²) in [4.78, 5) is 24.4. The molecule has 3 saturated carbocycles. The van der Waals surface area contributed by atoms with Gasteiger partial charge in [-0.1, -0.05) is 19.4 Å². The molecule has 2 unspecified atom stereocenters. The number of alkyl halides is 3. The van der Waals surface area contributed by atoms with E-state index >= 15 is 0 Å². The standard InChI is InChI=1S/C24H29F3O4S/c1-20-6-3-14(28)9-13(20)10-16(32-12-23(25,26)27)19-15-4-7-22(8-5-18(29)31-22)21(15,2)11-17-24(19,20)30-17/h9,15-17,19H,3-8,10-12H2,1-2H3/t15?,16-,17-,19?,20+,21+,22-,24-/m1/s1. The van der Waals surface area contributed by atoms with E-state index in [2.05, 4.69) is 13.8 Å². The first-order valence-electron chi connectivity index (χ1n) is 11.8. The molecule has 4 aliphatic carbocycles. The van der Waals surface area contributed by atoms with Crippen LogP contribution in [-0.2, 0) is 19.1 Å². The molecule has 0 radical (unpaired) electrons. The lowest BCUT2D eigenvalue weighted by atomic mass is 9.46. The van der Waals surface area contributed by atoms with Crippen LogP contribution in [0.2, 0.25) is 0 Å². The summed E-state index contributed by atoms with van der Waals surface area (Å²) in [7, 11) is 0. The number of epoxide rings is 1. The second-order valence-electron chi connectivity index (χ2n) is 11.3. The van der Waals surface area contributed by atoms with E-state index in [1.807, 2.05) is 0 Å². The van der Waals surface area contributed by atoms with Gasteiger partial charge in [0.25, 0.3) is 0 Å². The Morgan fingerprint density at radius 2 is 1.94 bits per heavy atom. The van der Waals surface area contributed by atoms with Gasteiger partial charge in [0.1, 0.15) is 11.2 Å². The first kappa shape index (κ1) is 21.5. The van der Waals surface area contributed by atoms with Crippen LogP contribution in [-0.4, -0.2) is 46.2 Å². The van der Waals surface area contributed by atoms with E-state index in [1.165, 1.54) is 0 Å². The fraction of sp³-hybridized carbons (Fsp3) is 0.833. The summed E-state index contributed by atoms with van der Waals surface area (Å²) in [5, 5.41) is -0.260. The van der Waals surface area contributed by atoms with Gasteiger partial charge in [-0.3, -0.25) is 9.59 Å². The number of fused-ring (bicyclic) bond motifs is 4. The molecule has 2 saturated heterocycles. The Bertz CT molecular complexity index is 933. The number of carbonyl (C=O) groups excluding carboxylic acids is 2. The van der Waals surface area contributed by atoms with Crippen molar-refractivity contribution in [2.45, 2.75) is 93.9 Å².